The van der Waals surface area contributed by atoms with Crippen LogP contribution in [0.25, 0.3) is 0 Å². The van der Waals surface area contributed by atoms with Crippen LogP contribution in [0.4, 0.5) is 4.39 Å². The first-order valence-electron chi connectivity index (χ1n) is 9.22. The molecule has 0 amide bonds. The summed E-state index contributed by atoms with van der Waals surface area (Å²) in [5.41, 5.74) is 1.03. The van der Waals surface area contributed by atoms with E-state index >= 15 is 0 Å². The van der Waals surface area contributed by atoms with Crippen LogP contribution in [0.2, 0.25) is 0 Å². The average Bonchev–Trinajstić information content (AvgIpc) is 2.70. The number of para-hydroxylation sites is 1. The predicted octanol–water partition coefficient (Wildman–Crippen LogP) is 3.98. The molecule has 29 heavy (non-hydrogen) atoms. The molecule has 160 valence electrons. The van der Waals surface area contributed by atoms with Gasteiger partial charge in [-0.1, -0.05) is 18.2 Å². The SMILES string of the molecule is CCOc1cc(CNC(=NC)NCC(C)Oc2ccccc2F)ccc1OC.I. The summed E-state index contributed by atoms with van der Waals surface area (Å²) in [6.45, 7) is 5.40. The molecule has 0 bridgehead atoms. The van der Waals surface area contributed by atoms with E-state index in [1.807, 2.05) is 32.0 Å². The Hall–Kier alpha value is -2.23. The Morgan fingerprint density at radius 3 is 2.52 bits per heavy atom. The fraction of sp³-hybridized carbons (Fsp3) is 0.381. The van der Waals surface area contributed by atoms with Crippen molar-refractivity contribution in [3.8, 4) is 17.2 Å². The summed E-state index contributed by atoms with van der Waals surface area (Å²) < 4.78 is 30.2. The van der Waals surface area contributed by atoms with Gasteiger partial charge in [-0.15, -0.1) is 24.0 Å². The third-order valence-electron chi connectivity index (χ3n) is 3.93. The molecular formula is C21H29FIN3O3. The van der Waals surface area contributed by atoms with Crippen molar-refractivity contribution < 1.29 is 18.6 Å². The molecule has 2 aromatic rings. The average molecular weight is 517 g/mol. The Balaban J connectivity index is 0.00000420. The van der Waals surface area contributed by atoms with Gasteiger partial charge in [0.15, 0.2) is 29.0 Å². The van der Waals surface area contributed by atoms with Crippen LogP contribution in [0.1, 0.15) is 19.4 Å². The summed E-state index contributed by atoms with van der Waals surface area (Å²) in [6.07, 6.45) is -0.235. The van der Waals surface area contributed by atoms with Gasteiger partial charge in [0, 0.05) is 13.6 Å². The first-order chi connectivity index (χ1) is 13.6. The lowest BCUT2D eigenvalue weighted by molar-refractivity contribution is 0.214. The van der Waals surface area contributed by atoms with E-state index in [1.54, 1.807) is 32.4 Å². The number of rotatable bonds is 9. The molecule has 0 fully saturated rings. The van der Waals surface area contributed by atoms with Gasteiger partial charge in [0.05, 0.1) is 20.3 Å². The van der Waals surface area contributed by atoms with Crippen molar-refractivity contribution in [2.24, 2.45) is 4.99 Å². The number of nitrogens with one attached hydrogen (secondary N) is 2. The van der Waals surface area contributed by atoms with Gasteiger partial charge in [0.1, 0.15) is 6.10 Å². The second kappa shape index (κ2) is 13.1. The molecule has 0 saturated heterocycles. The maximum absolute atomic E-state index is 13.7. The van der Waals surface area contributed by atoms with E-state index in [-0.39, 0.29) is 41.6 Å². The van der Waals surface area contributed by atoms with Crippen molar-refractivity contribution in [3.05, 3.63) is 53.8 Å². The van der Waals surface area contributed by atoms with Crippen molar-refractivity contribution in [2.75, 3.05) is 27.3 Å². The number of halogens is 2. The lowest BCUT2D eigenvalue weighted by Gasteiger charge is -2.18. The van der Waals surface area contributed by atoms with Crippen LogP contribution >= 0.6 is 24.0 Å². The van der Waals surface area contributed by atoms with E-state index in [2.05, 4.69) is 15.6 Å². The van der Waals surface area contributed by atoms with Crippen molar-refractivity contribution in [1.29, 1.82) is 0 Å². The largest absolute Gasteiger partial charge is 0.493 e. The second-order valence-corrected chi connectivity index (χ2v) is 6.08. The lowest BCUT2D eigenvalue weighted by Crippen LogP contribution is -2.41. The summed E-state index contributed by atoms with van der Waals surface area (Å²) >= 11 is 0. The van der Waals surface area contributed by atoms with E-state index in [4.69, 9.17) is 14.2 Å². The molecule has 6 nitrogen and oxygen atoms in total. The highest BCUT2D eigenvalue weighted by atomic mass is 127. The van der Waals surface area contributed by atoms with Crippen LogP contribution in [-0.2, 0) is 6.54 Å². The van der Waals surface area contributed by atoms with E-state index < -0.39 is 0 Å². The van der Waals surface area contributed by atoms with E-state index in [0.717, 1.165) is 5.56 Å². The van der Waals surface area contributed by atoms with Gasteiger partial charge in [-0.2, -0.15) is 0 Å². The number of ether oxygens (including phenoxy) is 3. The molecule has 0 spiro atoms. The fourth-order valence-corrected chi connectivity index (χ4v) is 2.54. The second-order valence-electron chi connectivity index (χ2n) is 6.08. The Morgan fingerprint density at radius 1 is 1.10 bits per heavy atom. The molecular weight excluding hydrogens is 488 g/mol. The van der Waals surface area contributed by atoms with Gasteiger partial charge in [0.25, 0.3) is 0 Å². The van der Waals surface area contributed by atoms with Gasteiger partial charge in [-0.25, -0.2) is 4.39 Å². The summed E-state index contributed by atoms with van der Waals surface area (Å²) in [4.78, 5) is 4.20. The van der Waals surface area contributed by atoms with Crippen LogP contribution in [0.5, 0.6) is 17.2 Å². The van der Waals surface area contributed by atoms with Crippen LogP contribution in [0.3, 0.4) is 0 Å². The predicted molar refractivity (Wildman–Crippen MR) is 124 cm³/mol. The lowest BCUT2D eigenvalue weighted by atomic mass is 10.2. The minimum atomic E-state index is -0.374. The minimum Gasteiger partial charge on any atom is -0.493 e. The molecule has 2 aromatic carbocycles. The van der Waals surface area contributed by atoms with Crippen LogP contribution in [0, 0.1) is 5.82 Å². The Labute approximate surface area is 188 Å². The fourth-order valence-electron chi connectivity index (χ4n) is 2.54. The Morgan fingerprint density at radius 2 is 1.86 bits per heavy atom. The smallest absolute Gasteiger partial charge is 0.191 e. The van der Waals surface area contributed by atoms with Crippen molar-refractivity contribution in [1.82, 2.24) is 10.6 Å². The highest BCUT2D eigenvalue weighted by Gasteiger charge is 2.10. The molecule has 0 aliphatic carbocycles. The quantitative estimate of drug-likeness (QED) is 0.300. The number of hydrogen-bond donors (Lipinski definition) is 2. The Bertz CT molecular complexity index is 790. The standard InChI is InChI=1S/C21H28FN3O3.HI/c1-5-27-20-12-16(10-11-19(20)26-4)14-25-21(23-3)24-13-15(2)28-18-9-7-6-8-17(18)22;/h6-12,15H,5,13-14H2,1-4H3,(H2,23,24,25);1H. The molecule has 2 N–H and O–H groups in total. The zero-order valence-electron chi connectivity index (χ0n) is 17.2. The van der Waals surface area contributed by atoms with Gasteiger partial charge in [-0.3, -0.25) is 4.99 Å². The summed E-state index contributed by atoms with van der Waals surface area (Å²) in [5.74, 6) is 1.90. The number of guanidine groups is 1. The third-order valence-corrected chi connectivity index (χ3v) is 3.93. The maximum atomic E-state index is 13.7. The van der Waals surface area contributed by atoms with Crippen molar-refractivity contribution >= 4 is 29.9 Å². The third kappa shape index (κ3) is 7.96. The highest BCUT2D eigenvalue weighted by molar-refractivity contribution is 14.0. The molecule has 0 aromatic heterocycles. The molecule has 8 heteroatoms. The first-order valence-corrected chi connectivity index (χ1v) is 9.22. The molecule has 1 unspecified atom stereocenters. The van der Waals surface area contributed by atoms with E-state index in [0.29, 0.717) is 37.2 Å². The molecule has 2 rings (SSSR count). The van der Waals surface area contributed by atoms with Crippen LogP contribution < -0.4 is 24.8 Å². The minimum absolute atomic E-state index is 0. The molecule has 0 aliphatic heterocycles. The molecule has 0 aliphatic rings. The van der Waals surface area contributed by atoms with Gasteiger partial charge >= 0.3 is 0 Å². The van der Waals surface area contributed by atoms with E-state index in [1.165, 1.54) is 6.07 Å². The van der Waals surface area contributed by atoms with Gasteiger partial charge < -0.3 is 24.8 Å². The number of aliphatic imine (C=N–C) groups is 1. The molecule has 0 radical (unpaired) electrons. The number of methoxy groups -OCH3 is 1. The van der Waals surface area contributed by atoms with Gasteiger partial charge in [-0.05, 0) is 43.7 Å². The van der Waals surface area contributed by atoms with Crippen LogP contribution in [0.15, 0.2) is 47.5 Å². The number of benzene rings is 2. The molecule has 0 saturated carbocycles. The summed E-state index contributed by atoms with van der Waals surface area (Å²) in [5, 5.41) is 6.41. The Kier molecular flexibility index (Phi) is 11.2. The maximum Gasteiger partial charge on any atom is 0.191 e. The summed E-state index contributed by atoms with van der Waals surface area (Å²) in [7, 11) is 3.31. The van der Waals surface area contributed by atoms with Crippen molar-refractivity contribution in [2.45, 2.75) is 26.5 Å². The number of nitrogens with zero attached hydrogens (tertiary/aromatic N) is 1. The zero-order chi connectivity index (χ0) is 20.4. The highest BCUT2D eigenvalue weighted by Crippen LogP contribution is 2.27. The summed E-state index contributed by atoms with van der Waals surface area (Å²) in [6, 6.07) is 12.1. The topological polar surface area (TPSA) is 64.1 Å². The van der Waals surface area contributed by atoms with Gasteiger partial charge in [0.2, 0.25) is 0 Å². The molecule has 0 heterocycles. The zero-order valence-corrected chi connectivity index (χ0v) is 19.5. The first kappa shape index (κ1) is 24.8. The molecule has 1 atom stereocenters. The monoisotopic (exact) mass is 517 g/mol. The van der Waals surface area contributed by atoms with Crippen LogP contribution in [-0.4, -0.2) is 39.4 Å². The van der Waals surface area contributed by atoms with Crippen molar-refractivity contribution in [3.63, 3.8) is 0 Å². The van der Waals surface area contributed by atoms with E-state index in [9.17, 15) is 4.39 Å². The normalized spacial score (nSPS) is 11.8. The number of hydrogen-bond acceptors (Lipinski definition) is 4.